The summed E-state index contributed by atoms with van der Waals surface area (Å²) in [7, 11) is 0. The predicted molar refractivity (Wildman–Crippen MR) is 63.3 cm³/mol. The summed E-state index contributed by atoms with van der Waals surface area (Å²) >= 11 is 0. The van der Waals surface area contributed by atoms with Crippen LogP contribution in [-0.4, -0.2) is 41.2 Å². The molecular weight excluding hydrogens is 294 g/mol. The first-order chi connectivity index (χ1) is 9.77. The van der Waals surface area contributed by atoms with Gasteiger partial charge in [0, 0.05) is 11.8 Å². The number of fused-ring (bicyclic) bond motifs is 1. The lowest BCUT2D eigenvalue weighted by atomic mass is 10.3. The van der Waals surface area contributed by atoms with E-state index < -0.39 is 30.9 Å². The third-order valence-corrected chi connectivity index (χ3v) is 2.40. The standard InChI is InChI=1S/C11H10F2N2O6/c12-11(13)20-7-2-1-5(3-8(7)21-11)15-10(19)14-4-6(16)9(17)18/h1-3,6,16H,4H2,(H,17,18)(H2,14,15,19). The van der Waals surface area contributed by atoms with Gasteiger partial charge in [0.25, 0.3) is 0 Å². The van der Waals surface area contributed by atoms with E-state index in [0.29, 0.717) is 0 Å². The van der Waals surface area contributed by atoms with Crippen LogP contribution in [0.15, 0.2) is 18.2 Å². The average molecular weight is 304 g/mol. The number of amides is 2. The number of urea groups is 1. The predicted octanol–water partition coefficient (Wildman–Crippen LogP) is 0.575. The summed E-state index contributed by atoms with van der Waals surface area (Å²) in [6, 6.07) is 2.76. The molecule has 0 aliphatic carbocycles. The fourth-order valence-corrected chi connectivity index (χ4v) is 1.48. The summed E-state index contributed by atoms with van der Waals surface area (Å²) in [5, 5.41) is 21.7. The molecule has 1 aromatic carbocycles. The molecule has 0 bridgehead atoms. The molecule has 1 aliphatic rings. The number of hydrogen-bond acceptors (Lipinski definition) is 5. The first-order valence-corrected chi connectivity index (χ1v) is 5.62. The van der Waals surface area contributed by atoms with Crippen LogP contribution in [0.2, 0.25) is 0 Å². The molecule has 0 radical (unpaired) electrons. The molecule has 2 rings (SSSR count). The highest BCUT2D eigenvalue weighted by Gasteiger charge is 2.43. The summed E-state index contributed by atoms with van der Waals surface area (Å²) in [5.74, 6) is -1.91. The van der Waals surface area contributed by atoms with Gasteiger partial charge in [0.05, 0.1) is 6.54 Å². The first-order valence-electron chi connectivity index (χ1n) is 5.62. The normalized spacial score (nSPS) is 16.1. The molecule has 4 N–H and O–H groups in total. The number of aliphatic hydroxyl groups excluding tert-OH is 1. The van der Waals surface area contributed by atoms with Crippen molar-refractivity contribution in [2.75, 3.05) is 11.9 Å². The Kier molecular flexibility index (Phi) is 3.80. The topological polar surface area (TPSA) is 117 Å². The monoisotopic (exact) mass is 304 g/mol. The average Bonchev–Trinajstić information content (AvgIpc) is 2.68. The Morgan fingerprint density at radius 1 is 1.29 bits per heavy atom. The highest BCUT2D eigenvalue weighted by Crippen LogP contribution is 2.42. The minimum atomic E-state index is -3.76. The molecule has 1 unspecified atom stereocenters. The van der Waals surface area contributed by atoms with Crippen LogP contribution in [0.25, 0.3) is 0 Å². The molecule has 1 atom stereocenters. The number of aliphatic hydroxyl groups is 1. The van der Waals surface area contributed by atoms with Crippen molar-refractivity contribution in [1.29, 1.82) is 0 Å². The van der Waals surface area contributed by atoms with Gasteiger partial charge in [0.2, 0.25) is 0 Å². The second kappa shape index (κ2) is 5.40. The minimum absolute atomic E-state index is 0.123. The fraction of sp³-hybridized carbons (Fsp3) is 0.273. The number of nitrogens with one attached hydrogen (secondary N) is 2. The quantitative estimate of drug-likeness (QED) is 0.646. The molecule has 114 valence electrons. The Morgan fingerprint density at radius 2 is 1.95 bits per heavy atom. The number of benzene rings is 1. The zero-order chi connectivity index (χ0) is 15.6. The van der Waals surface area contributed by atoms with Gasteiger partial charge in [-0.15, -0.1) is 8.78 Å². The van der Waals surface area contributed by atoms with Crippen molar-refractivity contribution in [3.05, 3.63) is 18.2 Å². The second-order valence-electron chi connectivity index (χ2n) is 4.02. The van der Waals surface area contributed by atoms with Crippen molar-refractivity contribution in [3.63, 3.8) is 0 Å². The summed E-state index contributed by atoms with van der Waals surface area (Å²) in [6.45, 7) is -0.510. The van der Waals surface area contributed by atoms with Gasteiger partial charge in [0.1, 0.15) is 0 Å². The van der Waals surface area contributed by atoms with E-state index in [1.807, 2.05) is 0 Å². The molecule has 0 aromatic heterocycles. The molecule has 8 nitrogen and oxygen atoms in total. The van der Waals surface area contributed by atoms with Crippen LogP contribution in [0.3, 0.4) is 0 Å². The van der Waals surface area contributed by atoms with Gasteiger partial charge < -0.3 is 30.3 Å². The van der Waals surface area contributed by atoms with E-state index in [4.69, 9.17) is 10.2 Å². The largest absolute Gasteiger partial charge is 0.586 e. The summed E-state index contributed by atoms with van der Waals surface area (Å²) < 4.78 is 34.0. The van der Waals surface area contributed by atoms with Gasteiger partial charge in [0.15, 0.2) is 17.6 Å². The van der Waals surface area contributed by atoms with Crippen LogP contribution in [0, 0.1) is 0 Å². The highest BCUT2D eigenvalue weighted by atomic mass is 19.3. The number of alkyl halides is 2. The zero-order valence-corrected chi connectivity index (χ0v) is 10.3. The molecule has 0 fully saturated rings. The van der Waals surface area contributed by atoms with Crippen molar-refractivity contribution in [1.82, 2.24) is 5.32 Å². The van der Waals surface area contributed by atoms with E-state index in [9.17, 15) is 18.4 Å². The molecule has 0 spiro atoms. The van der Waals surface area contributed by atoms with E-state index in [1.165, 1.54) is 12.1 Å². The van der Waals surface area contributed by atoms with Crippen molar-refractivity contribution in [2.24, 2.45) is 0 Å². The van der Waals surface area contributed by atoms with Crippen molar-refractivity contribution in [2.45, 2.75) is 12.4 Å². The number of carboxylic acids is 1. The van der Waals surface area contributed by atoms with Gasteiger partial charge >= 0.3 is 18.3 Å². The number of carbonyl (C=O) groups excluding carboxylic acids is 1. The maximum atomic E-state index is 12.8. The molecular formula is C11H10F2N2O6. The summed E-state index contributed by atoms with van der Waals surface area (Å²) in [6.07, 6.45) is -5.50. The van der Waals surface area contributed by atoms with Gasteiger partial charge in [-0.25, -0.2) is 9.59 Å². The molecule has 1 aromatic rings. The first kappa shape index (κ1) is 14.8. The minimum Gasteiger partial charge on any atom is -0.479 e. The number of ether oxygens (including phenoxy) is 2. The van der Waals surface area contributed by atoms with Gasteiger partial charge in [-0.1, -0.05) is 0 Å². The van der Waals surface area contributed by atoms with Crippen molar-refractivity contribution >= 4 is 17.7 Å². The van der Waals surface area contributed by atoms with Crippen LogP contribution in [0.5, 0.6) is 11.5 Å². The Bertz CT molecular complexity index is 580. The second-order valence-corrected chi connectivity index (χ2v) is 4.02. The van der Waals surface area contributed by atoms with E-state index in [1.54, 1.807) is 0 Å². The zero-order valence-electron chi connectivity index (χ0n) is 10.3. The third-order valence-electron chi connectivity index (χ3n) is 2.40. The molecule has 1 aliphatic heterocycles. The Labute approximate surface area is 116 Å². The SMILES string of the molecule is O=C(NCC(O)C(=O)O)Nc1ccc2c(c1)OC(F)(F)O2. The molecule has 1 heterocycles. The number of halogens is 2. The van der Waals surface area contributed by atoms with Crippen LogP contribution >= 0.6 is 0 Å². The third kappa shape index (κ3) is 3.69. The lowest BCUT2D eigenvalue weighted by Crippen LogP contribution is -2.38. The molecule has 0 saturated carbocycles. The highest BCUT2D eigenvalue weighted by molar-refractivity contribution is 5.90. The van der Waals surface area contributed by atoms with E-state index >= 15 is 0 Å². The van der Waals surface area contributed by atoms with Crippen LogP contribution < -0.4 is 20.1 Å². The maximum absolute atomic E-state index is 12.8. The number of carboxylic acid groups (broad SMARTS) is 1. The molecule has 21 heavy (non-hydrogen) atoms. The van der Waals surface area contributed by atoms with Gasteiger partial charge in [-0.3, -0.25) is 0 Å². The smallest absolute Gasteiger partial charge is 0.479 e. The Hall–Kier alpha value is -2.62. The summed E-state index contributed by atoms with van der Waals surface area (Å²) in [5.41, 5.74) is 0.123. The number of aliphatic carboxylic acids is 1. The summed E-state index contributed by atoms with van der Waals surface area (Å²) in [4.78, 5) is 21.8. The van der Waals surface area contributed by atoms with Crippen molar-refractivity contribution < 1.29 is 38.1 Å². The number of anilines is 1. The van der Waals surface area contributed by atoms with Crippen LogP contribution in [0.4, 0.5) is 19.3 Å². The van der Waals surface area contributed by atoms with E-state index in [2.05, 4.69) is 20.1 Å². The van der Waals surface area contributed by atoms with Crippen LogP contribution in [-0.2, 0) is 4.79 Å². The van der Waals surface area contributed by atoms with Gasteiger partial charge in [-0.05, 0) is 12.1 Å². The number of hydrogen-bond donors (Lipinski definition) is 4. The maximum Gasteiger partial charge on any atom is 0.586 e. The lowest BCUT2D eigenvalue weighted by molar-refractivity contribution is -0.286. The number of rotatable bonds is 4. The lowest BCUT2D eigenvalue weighted by Gasteiger charge is -2.09. The molecule has 0 saturated heterocycles. The Morgan fingerprint density at radius 3 is 2.62 bits per heavy atom. The van der Waals surface area contributed by atoms with Crippen LogP contribution in [0.1, 0.15) is 0 Å². The molecule has 2 amide bonds. The van der Waals surface area contributed by atoms with Crippen molar-refractivity contribution in [3.8, 4) is 11.5 Å². The Balaban J connectivity index is 1.93. The fourth-order valence-electron chi connectivity index (χ4n) is 1.48. The number of carbonyl (C=O) groups is 2. The van der Waals surface area contributed by atoms with Gasteiger partial charge in [-0.2, -0.15) is 0 Å². The van der Waals surface area contributed by atoms with E-state index in [-0.39, 0.29) is 17.2 Å². The molecule has 10 heteroatoms. The van der Waals surface area contributed by atoms with E-state index in [0.717, 1.165) is 6.07 Å².